The number of halogens is 6. The topological polar surface area (TPSA) is 50.9 Å². The molecule has 0 unspecified atom stereocenters. The van der Waals surface area contributed by atoms with Gasteiger partial charge in [-0.3, -0.25) is 4.57 Å². The number of alkyl halides is 6. The van der Waals surface area contributed by atoms with Crippen molar-refractivity contribution in [3.8, 4) is 0 Å². The van der Waals surface area contributed by atoms with Gasteiger partial charge in [0.15, 0.2) is 0 Å². The SMILES string of the molecule is OCCCn1c(C(F)(F)F)nnc1C(F)(F)F. The Morgan fingerprint density at radius 3 is 1.65 bits per heavy atom. The predicted octanol–water partition coefficient (Wildman–Crippen LogP) is 1.70. The molecule has 0 amide bonds. The summed E-state index contributed by atoms with van der Waals surface area (Å²) in [6.45, 7) is -1.19. The molecule has 0 aromatic carbocycles. The van der Waals surface area contributed by atoms with Crippen molar-refractivity contribution in [1.82, 2.24) is 14.8 Å². The van der Waals surface area contributed by atoms with E-state index in [0.717, 1.165) is 0 Å². The number of aliphatic hydroxyl groups is 1. The highest BCUT2D eigenvalue weighted by Crippen LogP contribution is 2.33. The van der Waals surface area contributed by atoms with E-state index in [1.165, 1.54) is 0 Å². The monoisotopic (exact) mass is 263 g/mol. The van der Waals surface area contributed by atoms with Gasteiger partial charge in [-0.05, 0) is 6.42 Å². The second-order valence-corrected chi connectivity index (χ2v) is 3.07. The van der Waals surface area contributed by atoms with Gasteiger partial charge in [0.2, 0.25) is 11.6 Å². The van der Waals surface area contributed by atoms with Crippen LogP contribution in [0.5, 0.6) is 0 Å². The fourth-order valence-corrected chi connectivity index (χ4v) is 1.16. The normalized spacial score (nSPS) is 13.1. The molecule has 0 radical (unpaired) electrons. The van der Waals surface area contributed by atoms with Crippen LogP contribution >= 0.6 is 0 Å². The third kappa shape index (κ3) is 3.08. The van der Waals surface area contributed by atoms with Crippen molar-refractivity contribution in [2.75, 3.05) is 6.61 Å². The van der Waals surface area contributed by atoms with Gasteiger partial charge in [-0.1, -0.05) is 0 Å². The van der Waals surface area contributed by atoms with Crippen LogP contribution in [0.15, 0.2) is 0 Å². The maximum Gasteiger partial charge on any atom is 0.451 e. The molecular formula is C7H7F6N3O. The van der Waals surface area contributed by atoms with E-state index in [1.54, 1.807) is 0 Å². The van der Waals surface area contributed by atoms with Gasteiger partial charge in [0.05, 0.1) is 0 Å². The highest BCUT2D eigenvalue weighted by molar-refractivity contribution is 5.02. The van der Waals surface area contributed by atoms with Gasteiger partial charge in [-0.2, -0.15) is 26.3 Å². The molecule has 0 fully saturated rings. The lowest BCUT2D eigenvalue weighted by Crippen LogP contribution is -2.21. The summed E-state index contributed by atoms with van der Waals surface area (Å²) >= 11 is 0. The quantitative estimate of drug-likeness (QED) is 0.844. The summed E-state index contributed by atoms with van der Waals surface area (Å²) < 4.78 is 73.9. The van der Waals surface area contributed by atoms with Crippen molar-refractivity contribution < 1.29 is 31.4 Å². The van der Waals surface area contributed by atoms with Crippen LogP contribution in [-0.4, -0.2) is 26.5 Å². The molecule has 0 aliphatic heterocycles. The molecule has 0 bridgehead atoms. The van der Waals surface area contributed by atoms with Crippen LogP contribution in [0.2, 0.25) is 0 Å². The van der Waals surface area contributed by atoms with Gasteiger partial charge in [0.25, 0.3) is 0 Å². The van der Waals surface area contributed by atoms with Gasteiger partial charge in [-0.25, -0.2) is 0 Å². The van der Waals surface area contributed by atoms with Crippen LogP contribution in [-0.2, 0) is 18.9 Å². The Balaban J connectivity index is 3.20. The average Bonchev–Trinajstić information content (AvgIpc) is 2.56. The molecule has 17 heavy (non-hydrogen) atoms. The molecule has 0 saturated carbocycles. The number of aliphatic hydroxyl groups excluding tert-OH is 1. The van der Waals surface area contributed by atoms with Crippen LogP contribution in [0.25, 0.3) is 0 Å². The van der Waals surface area contributed by atoms with E-state index < -0.39 is 37.2 Å². The maximum absolute atomic E-state index is 12.3. The van der Waals surface area contributed by atoms with Gasteiger partial charge in [0.1, 0.15) is 0 Å². The van der Waals surface area contributed by atoms with Crippen LogP contribution in [0.3, 0.4) is 0 Å². The Kier molecular flexibility index (Phi) is 3.65. The van der Waals surface area contributed by atoms with Crippen LogP contribution in [0.1, 0.15) is 18.1 Å². The fraction of sp³-hybridized carbons (Fsp3) is 0.714. The first-order valence-electron chi connectivity index (χ1n) is 4.36. The van der Waals surface area contributed by atoms with E-state index in [0.29, 0.717) is 0 Å². The number of rotatable bonds is 3. The van der Waals surface area contributed by atoms with E-state index >= 15 is 0 Å². The molecule has 1 rings (SSSR count). The highest BCUT2D eigenvalue weighted by atomic mass is 19.4. The zero-order chi connectivity index (χ0) is 13.3. The zero-order valence-electron chi connectivity index (χ0n) is 8.18. The number of nitrogens with zero attached hydrogens (tertiary/aromatic N) is 3. The molecule has 0 aliphatic rings. The smallest absolute Gasteiger partial charge is 0.396 e. The third-order valence-electron chi connectivity index (χ3n) is 1.80. The molecule has 0 saturated heterocycles. The standard InChI is InChI=1S/C7H7F6N3O/c8-6(9,10)4-14-15-5(7(11,12)13)16(4)2-1-3-17/h17H,1-3H2. The van der Waals surface area contributed by atoms with E-state index in [1.807, 2.05) is 0 Å². The summed E-state index contributed by atoms with van der Waals surface area (Å²) in [4.78, 5) is 0. The summed E-state index contributed by atoms with van der Waals surface area (Å²) in [6, 6.07) is 0. The molecule has 10 heteroatoms. The molecule has 0 atom stereocenters. The van der Waals surface area contributed by atoms with Gasteiger partial charge in [-0.15, -0.1) is 10.2 Å². The van der Waals surface area contributed by atoms with Crippen LogP contribution in [0, 0.1) is 0 Å². The molecule has 0 aliphatic carbocycles. The van der Waals surface area contributed by atoms with E-state index in [2.05, 4.69) is 10.2 Å². The minimum absolute atomic E-state index is 0.0871. The molecule has 4 nitrogen and oxygen atoms in total. The Bertz CT molecular complexity index is 350. The van der Waals surface area contributed by atoms with Crippen LogP contribution < -0.4 is 0 Å². The van der Waals surface area contributed by atoms with Gasteiger partial charge in [0, 0.05) is 13.2 Å². The molecular weight excluding hydrogens is 256 g/mol. The average molecular weight is 263 g/mol. The lowest BCUT2D eigenvalue weighted by Gasteiger charge is -2.12. The van der Waals surface area contributed by atoms with E-state index in [-0.39, 0.29) is 11.0 Å². The third-order valence-corrected chi connectivity index (χ3v) is 1.80. The first-order valence-corrected chi connectivity index (χ1v) is 4.36. The number of hydrogen-bond donors (Lipinski definition) is 1. The molecule has 0 spiro atoms. The Labute approximate surface area is 90.9 Å². The van der Waals surface area contributed by atoms with Gasteiger partial charge >= 0.3 is 12.4 Å². The second kappa shape index (κ2) is 4.51. The van der Waals surface area contributed by atoms with Crippen molar-refractivity contribution in [2.24, 2.45) is 0 Å². The lowest BCUT2D eigenvalue weighted by atomic mass is 10.4. The van der Waals surface area contributed by atoms with Crippen molar-refractivity contribution in [1.29, 1.82) is 0 Å². The first-order chi connectivity index (χ1) is 7.68. The fourth-order valence-electron chi connectivity index (χ4n) is 1.16. The molecule has 1 aromatic heterocycles. The Morgan fingerprint density at radius 1 is 0.941 bits per heavy atom. The van der Waals surface area contributed by atoms with Crippen molar-refractivity contribution in [3.05, 3.63) is 11.6 Å². The summed E-state index contributed by atoms with van der Waals surface area (Å²) in [5.41, 5.74) is 0. The Hall–Kier alpha value is -1.32. The minimum Gasteiger partial charge on any atom is -0.396 e. The van der Waals surface area contributed by atoms with Crippen molar-refractivity contribution in [3.63, 3.8) is 0 Å². The number of aromatic nitrogens is 3. The minimum atomic E-state index is -5.02. The van der Waals surface area contributed by atoms with E-state index in [9.17, 15) is 26.3 Å². The van der Waals surface area contributed by atoms with Crippen molar-refractivity contribution >= 4 is 0 Å². The molecule has 98 valence electrons. The molecule has 1 heterocycles. The van der Waals surface area contributed by atoms with Crippen molar-refractivity contribution in [2.45, 2.75) is 25.3 Å². The maximum atomic E-state index is 12.3. The van der Waals surface area contributed by atoms with Gasteiger partial charge < -0.3 is 5.11 Å². The second-order valence-electron chi connectivity index (χ2n) is 3.07. The first kappa shape index (κ1) is 13.7. The molecule has 1 N–H and O–H groups in total. The zero-order valence-corrected chi connectivity index (χ0v) is 8.18. The largest absolute Gasteiger partial charge is 0.451 e. The molecule has 1 aromatic rings. The predicted molar refractivity (Wildman–Crippen MR) is 41.7 cm³/mol. The Morgan fingerprint density at radius 2 is 1.35 bits per heavy atom. The summed E-state index contributed by atoms with van der Waals surface area (Å²) in [5.74, 6) is -3.45. The van der Waals surface area contributed by atoms with Crippen LogP contribution in [0.4, 0.5) is 26.3 Å². The van der Waals surface area contributed by atoms with E-state index in [4.69, 9.17) is 5.11 Å². The number of hydrogen-bond acceptors (Lipinski definition) is 3. The highest BCUT2D eigenvalue weighted by Gasteiger charge is 2.44. The summed E-state index contributed by atoms with van der Waals surface area (Å²) in [5, 5.41) is 13.4. The lowest BCUT2D eigenvalue weighted by molar-refractivity contribution is -0.155. The summed E-state index contributed by atoms with van der Waals surface area (Å²) in [7, 11) is 0. The summed E-state index contributed by atoms with van der Waals surface area (Å²) in [6.07, 6.45) is -10.3.